The molecule has 0 N–H and O–H groups in total. The normalized spacial score (nSPS) is 48.4. The number of halogens is 3. The van der Waals surface area contributed by atoms with Crippen LogP contribution in [0, 0.1) is 34.5 Å². The number of ether oxygens (including phenoxy) is 1. The van der Waals surface area contributed by atoms with E-state index < -0.39 is 17.7 Å². The Balaban J connectivity index is 1.52. The van der Waals surface area contributed by atoms with Crippen molar-refractivity contribution in [3.8, 4) is 0 Å². The van der Waals surface area contributed by atoms with Gasteiger partial charge in [0.15, 0.2) is 0 Å². The highest BCUT2D eigenvalue weighted by Crippen LogP contribution is 2.66. The molecule has 0 aromatic heterocycles. The van der Waals surface area contributed by atoms with Gasteiger partial charge < -0.3 is 4.74 Å². The lowest BCUT2D eigenvalue weighted by Gasteiger charge is -2.61. The quantitative estimate of drug-likeness (QED) is 0.549. The molecule has 3 nitrogen and oxygen atoms in total. The maximum Gasteiger partial charge on any atom is 0.490 e. The Morgan fingerprint density at radius 2 is 1.71 bits per heavy atom. The average molecular weight is 400 g/mol. The van der Waals surface area contributed by atoms with Gasteiger partial charge in [0.2, 0.25) is 0 Å². The van der Waals surface area contributed by atoms with Crippen molar-refractivity contribution >= 4 is 11.8 Å². The largest absolute Gasteiger partial charge is 0.490 e. The fourth-order valence-electron chi connectivity index (χ4n) is 7.56. The summed E-state index contributed by atoms with van der Waals surface area (Å²) in [5, 5.41) is 0. The van der Waals surface area contributed by atoms with Crippen molar-refractivity contribution in [2.75, 3.05) is 0 Å². The van der Waals surface area contributed by atoms with E-state index in [1.165, 1.54) is 0 Å². The standard InChI is InChI=1S/C22H31F3O3/c1-19(28-18(27)22(23,24)25)10-11-20(2)13(12-19)4-5-14-15-6-7-17(26)21(15,3)9-8-16(14)20/h13-16H,4-12H2,1-3H3/t13?,14-,15-,16+,19?,20-,21-/m0/s1. The van der Waals surface area contributed by atoms with E-state index in [1.807, 2.05) is 0 Å². The van der Waals surface area contributed by atoms with Crippen molar-refractivity contribution in [2.45, 2.75) is 90.3 Å². The molecule has 0 spiro atoms. The van der Waals surface area contributed by atoms with Gasteiger partial charge >= 0.3 is 12.1 Å². The molecule has 0 amide bonds. The second-order valence-corrected chi connectivity index (χ2v) is 10.6. The summed E-state index contributed by atoms with van der Waals surface area (Å²) in [7, 11) is 0. The van der Waals surface area contributed by atoms with Crippen molar-refractivity contribution in [1.29, 1.82) is 0 Å². The molecule has 158 valence electrons. The molecule has 6 heteroatoms. The van der Waals surface area contributed by atoms with Crippen LogP contribution >= 0.6 is 0 Å². The lowest BCUT2D eigenvalue weighted by Crippen LogP contribution is -2.56. The third-order valence-corrected chi connectivity index (χ3v) is 9.22. The highest BCUT2D eigenvalue weighted by molar-refractivity contribution is 5.87. The van der Waals surface area contributed by atoms with Crippen LogP contribution in [0.4, 0.5) is 13.2 Å². The van der Waals surface area contributed by atoms with E-state index in [0.717, 1.165) is 38.5 Å². The summed E-state index contributed by atoms with van der Waals surface area (Å²) in [5.74, 6) is 0.179. The minimum Gasteiger partial charge on any atom is -0.453 e. The smallest absolute Gasteiger partial charge is 0.453 e. The fourth-order valence-corrected chi connectivity index (χ4v) is 7.56. The Bertz CT molecular complexity index is 689. The van der Waals surface area contributed by atoms with Crippen LogP contribution in [0.2, 0.25) is 0 Å². The highest BCUT2D eigenvalue weighted by atomic mass is 19.4. The second kappa shape index (κ2) is 6.21. The number of carbonyl (C=O) groups excluding carboxylic acids is 2. The van der Waals surface area contributed by atoms with Gasteiger partial charge in [0.05, 0.1) is 0 Å². The minimum atomic E-state index is -4.94. The first-order chi connectivity index (χ1) is 12.9. The van der Waals surface area contributed by atoms with Crippen molar-refractivity contribution in [1.82, 2.24) is 0 Å². The highest BCUT2D eigenvalue weighted by Gasteiger charge is 2.61. The summed E-state index contributed by atoms with van der Waals surface area (Å²) < 4.78 is 43.0. The van der Waals surface area contributed by atoms with Gasteiger partial charge in [-0.2, -0.15) is 13.2 Å². The molecule has 0 aromatic rings. The third-order valence-electron chi connectivity index (χ3n) is 9.22. The molecule has 4 saturated carbocycles. The van der Waals surface area contributed by atoms with E-state index in [-0.39, 0.29) is 16.7 Å². The van der Waals surface area contributed by atoms with Crippen LogP contribution in [0.25, 0.3) is 0 Å². The molecule has 4 aliphatic rings. The van der Waals surface area contributed by atoms with Gasteiger partial charge in [-0.25, -0.2) is 4.79 Å². The predicted molar refractivity (Wildman–Crippen MR) is 97.3 cm³/mol. The fraction of sp³-hybridized carbons (Fsp3) is 0.909. The first-order valence-corrected chi connectivity index (χ1v) is 10.7. The van der Waals surface area contributed by atoms with Crippen LogP contribution in [0.1, 0.15) is 78.6 Å². The number of Topliss-reactive ketones (excluding diaryl/α,β-unsaturated/α-hetero) is 1. The van der Waals surface area contributed by atoms with Crippen LogP contribution in [0.3, 0.4) is 0 Å². The van der Waals surface area contributed by atoms with Crippen LogP contribution < -0.4 is 0 Å². The predicted octanol–water partition coefficient (Wildman–Crippen LogP) is 5.46. The summed E-state index contributed by atoms with van der Waals surface area (Å²) in [6.07, 6.45) is 2.52. The number of hydrogen-bond acceptors (Lipinski definition) is 3. The summed E-state index contributed by atoms with van der Waals surface area (Å²) in [6, 6.07) is 0. The van der Waals surface area contributed by atoms with Gasteiger partial charge in [0, 0.05) is 11.8 Å². The number of esters is 1. The van der Waals surface area contributed by atoms with E-state index in [2.05, 4.69) is 13.8 Å². The number of fused-ring (bicyclic) bond motifs is 5. The molecule has 2 unspecified atom stereocenters. The Kier molecular flexibility index (Phi) is 4.49. The molecular formula is C22H31F3O3. The SMILES string of the molecule is CC1(OC(=O)C(F)(F)F)CC[C@@]2(C)C(CC[C@@H]3[C@H]2CC[C@]2(C)C(=O)CC[C@@H]32)C1. The maximum atomic E-state index is 12.7. The average Bonchev–Trinajstić information content (AvgIpc) is 2.90. The van der Waals surface area contributed by atoms with E-state index in [4.69, 9.17) is 4.74 Å². The summed E-state index contributed by atoms with van der Waals surface area (Å²) in [6.45, 7) is 6.13. The monoisotopic (exact) mass is 400 g/mol. The van der Waals surface area contributed by atoms with Gasteiger partial charge in [-0.05, 0) is 87.4 Å². The van der Waals surface area contributed by atoms with Gasteiger partial charge in [0.1, 0.15) is 11.4 Å². The molecule has 0 radical (unpaired) electrons. The lowest BCUT2D eigenvalue weighted by molar-refractivity contribution is -0.223. The molecule has 0 aliphatic heterocycles. The Labute approximate surface area is 164 Å². The molecule has 28 heavy (non-hydrogen) atoms. The summed E-state index contributed by atoms with van der Waals surface area (Å²) in [4.78, 5) is 23.9. The zero-order chi connectivity index (χ0) is 20.5. The minimum absolute atomic E-state index is 0.0695. The molecule has 0 saturated heterocycles. The van der Waals surface area contributed by atoms with Crippen LogP contribution in [0.5, 0.6) is 0 Å². The molecule has 0 heterocycles. The Morgan fingerprint density at radius 1 is 1.00 bits per heavy atom. The third kappa shape index (κ3) is 2.92. The van der Waals surface area contributed by atoms with Gasteiger partial charge in [0.25, 0.3) is 0 Å². The molecular weight excluding hydrogens is 369 g/mol. The summed E-state index contributed by atoms with van der Waals surface area (Å²) in [5.41, 5.74) is -1.12. The lowest BCUT2D eigenvalue weighted by atomic mass is 9.44. The number of rotatable bonds is 1. The van der Waals surface area contributed by atoms with E-state index in [1.54, 1.807) is 6.92 Å². The zero-order valence-corrected chi connectivity index (χ0v) is 17.0. The van der Waals surface area contributed by atoms with E-state index in [0.29, 0.717) is 42.8 Å². The molecule has 7 atom stereocenters. The second-order valence-electron chi connectivity index (χ2n) is 10.6. The Morgan fingerprint density at radius 3 is 2.39 bits per heavy atom. The molecule has 4 aliphatic carbocycles. The first kappa shape index (κ1) is 20.2. The van der Waals surface area contributed by atoms with Gasteiger partial charge in [-0.15, -0.1) is 0 Å². The van der Waals surface area contributed by atoms with Crippen LogP contribution in [-0.2, 0) is 14.3 Å². The van der Waals surface area contributed by atoms with E-state index >= 15 is 0 Å². The van der Waals surface area contributed by atoms with Gasteiger partial charge in [-0.1, -0.05) is 13.8 Å². The van der Waals surface area contributed by atoms with Crippen molar-refractivity contribution in [2.24, 2.45) is 34.5 Å². The van der Waals surface area contributed by atoms with Crippen LogP contribution in [0.15, 0.2) is 0 Å². The molecule has 0 bridgehead atoms. The molecule has 4 rings (SSSR count). The molecule has 4 fully saturated rings. The van der Waals surface area contributed by atoms with E-state index in [9.17, 15) is 22.8 Å². The Hall–Kier alpha value is -1.07. The van der Waals surface area contributed by atoms with Gasteiger partial charge in [-0.3, -0.25) is 4.79 Å². The zero-order valence-electron chi connectivity index (χ0n) is 17.0. The number of alkyl halides is 3. The number of hydrogen-bond donors (Lipinski definition) is 0. The maximum absolute atomic E-state index is 12.7. The first-order valence-electron chi connectivity index (χ1n) is 10.7. The molecule has 0 aromatic carbocycles. The van der Waals surface area contributed by atoms with Crippen molar-refractivity contribution in [3.05, 3.63) is 0 Å². The number of ketones is 1. The number of carbonyl (C=O) groups is 2. The van der Waals surface area contributed by atoms with Crippen molar-refractivity contribution in [3.63, 3.8) is 0 Å². The topological polar surface area (TPSA) is 43.4 Å². The van der Waals surface area contributed by atoms with Crippen LogP contribution in [-0.4, -0.2) is 23.5 Å². The summed E-state index contributed by atoms with van der Waals surface area (Å²) >= 11 is 0. The van der Waals surface area contributed by atoms with Crippen molar-refractivity contribution < 1.29 is 27.5 Å².